The molecule has 5 aromatic rings. The zero-order valence-electron chi connectivity index (χ0n) is 16.1. The standard InChI is InChI=1S/C22H18N4O2S2/c1-2-28-14-8-9-16-17(10-14)24-22(23-16)30-12-18-25-20(27)19-15(11-29-21(19)26-18)13-6-4-3-5-7-13/h3-11H,2,12H2,1H3,(H,23,24)(H,25,26,27). The quantitative estimate of drug-likeness (QED) is 0.358. The summed E-state index contributed by atoms with van der Waals surface area (Å²) in [6, 6.07) is 15.7. The predicted octanol–water partition coefficient (Wildman–Crippen LogP) is 5.22. The van der Waals surface area contributed by atoms with Gasteiger partial charge in [0, 0.05) is 17.0 Å². The van der Waals surface area contributed by atoms with E-state index in [1.165, 1.54) is 23.1 Å². The van der Waals surface area contributed by atoms with E-state index in [4.69, 9.17) is 4.74 Å². The van der Waals surface area contributed by atoms with E-state index in [1.807, 2.05) is 60.8 Å². The monoisotopic (exact) mass is 434 g/mol. The van der Waals surface area contributed by atoms with E-state index in [2.05, 4.69) is 19.9 Å². The Morgan fingerprint density at radius 1 is 1.10 bits per heavy atom. The number of rotatable bonds is 6. The number of imidazole rings is 1. The molecule has 2 N–H and O–H groups in total. The molecule has 8 heteroatoms. The Morgan fingerprint density at radius 2 is 1.97 bits per heavy atom. The van der Waals surface area contributed by atoms with Crippen LogP contribution in [0.3, 0.4) is 0 Å². The maximum absolute atomic E-state index is 12.8. The van der Waals surface area contributed by atoms with Gasteiger partial charge in [0.15, 0.2) is 5.16 Å². The first-order valence-corrected chi connectivity index (χ1v) is 11.4. The predicted molar refractivity (Wildman–Crippen MR) is 123 cm³/mol. The SMILES string of the molecule is CCOc1ccc2nc(SCc3nc4scc(-c5ccccc5)c4c(=O)[nH]3)[nH]c2c1. The first kappa shape index (κ1) is 18.9. The molecule has 0 spiro atoms. The van der Waals surface area contributed by atoms with E-state index in [0.29, 0.717) is 23.6 Å². The van der Waals surface area contributed by atoms with Crippen molar-refractivity contribution in [1.82, 2.24) is 19.9 Å². The lowest BCUT2D eigenvalue weighted by molar-refractivity contribution is 0.340. The van der Waals surface area contributed by atoms with Crippen LogP contribution in [0.2, 0.25) is 0 Å². The van der Waals surface area contributed by atoms with Crippen molar-refractivity contribution in [2.75, 3.05) is 6.61 Å². The van der Waals surface area contributed by atoms with Crippen LogP contribution in [0.1, 0.15) is 12.7 Å². The third kappa shape index (κ3) is 3.59. The molecule has 0 amide bonds. The van der Waals surface area contributed by atoms with Crippen LogP contribution in [0.5, 0.6) is 5.75 Å². The van der Waals surface area contributed by atoms with E-state index < -0.39 is 0 Å². The third-order valence-corrected chi connectivity index (χ3v) is 6.42. The van der Waals surface area contributed by atoms with Crippen molar-refractivity contribution in [3.63, 3.8) is 0 Å². The molecule has 0 aliphatic carbocycles. The summed E-state index contributed by atoms with van der Waals surface area (Å²) < 4.78 is 5.54. The number of thioether (sulfide) groups is 1. The molecule has 0 fully saturated rings. The van der Waals surface area contributed by atoms with Crippen molar-refractivity contribution < 1.29 is 4.74 Å². The summed E-state index contributed by atoms with van der Waals surface area (Å²) in [6.45, 7) is 2.58. The molecule has 0 saturated carbocycles. The molecule has 2 aromatic carbocycles. The number of H-pyrrole nitrogens is 2. The average Bonchev–Trinajstić information content (AvgIpc) is 3.37. The second-order valence-electron chi connectivity index (χ2n) is 6.65. The molecule has 6 nitrogen and oxygen atoms in total. The van der Waals surface area contributed by atoms with Gasteiger partial charge in [0.25, 0.3) is 5.56 Å². The highest BCUT2D eigenvalue weighted by atomic mass is 32.2. The summed E-state index contributed by atoms with van der Waals surface area (Å²) in [6.07, 6.45) is 0. The second-order valence-corrected chi connectivity index (χ2v) is 8.47. The Kier molecular flexibility index (Phi) is 5.02. The van der Waals surface area contributed by atoms with E-state index >= 15 is 0 Å². The molecule has 0 aliphatic rings. The minimum atomic E-state index is -0.110. The minimum Gasteiger partial charge on any atom is -0.494 e. The van der Waals surface area contributed by atoms with Crippen LogP contribution in [-0.2, 0) is 5.75 Å². The topological polar surface area (TPSA) is 83.7 Å². The Labute approximate surface area is 180 Å². The number of thiophene rings is 1. The number of nitrogens with zero attached hydrogens (tertiary/aromatic N) is 2. The molecule has 3 aromatic heterocycles. The Hall–Kier alpha value is -3.10. The molecule has 150 valence electrons. The summed E-state index contributed by atoms with van der Waals surface area (Å²) in [7, 11) is 0. The third-order valence-electron chi connectivity index (χ3n) is 4.67. The Balaban J connectivity index is 1.40. The highest BCUT2D eigenvalue weighted by Gasteiger charge is 2.13. The first-order chi connectivity index (χ1) is 14.7. The van der Waals surface area contributed by atoms with Gasteiger partial charge in [-0.25, -0.2) is 9.97 Å². The smallest absolute Gasteiger partial charge is 0.260 e. The van der Waals surface area contributed by atoms with Gasteiger partial charge in [-0.3, -0.25) is 4.79 Å². The van der Waals surface area contributed by atoms with Gasteiger partial charge < -0.3 is 14.7 Å². The zero-order valence-corrected chi connectivity index (χ0v) is 17.8. The first-order valence-electron chi connectivity index (χ1n) is 9.52. The fraction of sp³-hybridized carbons (Fsp3) is 0.136. The van der Waals surface area contributed by atoms with Gasteiger partial charge in [0.2, 0.25) is 0 Å². The molecule has 0 aliphatic heterocycles. The van der Waals surface area contributed by atoms with Crippen LogP contribution in [0, 0.1) is 0 Å². The summed E-state index contributed by atoms with van der Waals surface area (Å²) in [5.41, 5.74) is 3.63. The molecule has 30 heavy (non-hydrogen) atoms. The fourth-order valence-electron chi connectivity index (χ4n) is 3.32. The van der Waals surface area contributed by atoms with Gasteiger partial charge in [0.05, 0.1) is 28.8 Å². The molecule has 5 rings (SSSR count). The number of hydrogen-bond donors (Lipinski definition) is 2. The number of fused-ring (bicyclic) bond motifs is 2. The molecule has 0 unspecified atom stereocenters. The fourth-order valence-corrected chi connectivity index (χ4v) is 5.04. The lowest BCUT2D eigenvalue weighted by atomic mass is 10.1. The number of nitrogens with one attached hydrogen (secondary N) is 2. The molecule has 0 atom stereocenters. The van der Waals surface area contributed by atoms with Crippen molar-refractivity contribution in [2.45, 2.75) is 17.8 Å². The summed E-state index contributed by atoms with van der Waals surface area (Å²) >= 11 is 2.99. The van der Waals surface area contributed by atoms with E-state index in [1.54, 1.807) is 0 Å². The number of aromatic amines is 2. The molecule has 0 saturated heterocycles. The molecular formula is C22H18N4O2S2. The van der Waals surface area contributed by atoms with Crippen LogP contribution < -0.4 is 10.3 Å². The summed E-state index contributed by atoms with van der Waals surface area (Å²) in [5.74, 6) is 1.96. The van der Waals surface area contributed by atoms with Gasteiger partial charge in [0.1, 0.15) is 16.4 Å². The van der Waals surface area contributed by atoms with Crippen molar-refractivity contribution in [3.8, 4) is 16.9 Å². The number of benzene rings is 2. The van der Waals surface area contributed by atoms with Crippen molar-refractivity contribution in [2.24, 2.45) is 0 Å². The summed E-state index contributed by atoms with van der Waals surface area (Å²) in [5, 5.41) is 3.42. The van der Waals surface area contributed by atoms with E-state index in [9.17, 15) is 4.79 Å². The van der Waals surface area contributed by atoms with Gasteiger partial charge in [-0.1, -0.05) is 42.1 Å². The minimum absolute atomic E-state index is 0.110. The number of aromatic nitrogens is 4. The second kappa shape index (κ2) is 7.97. The van der Waals surface area contributed by atoms with E-state index in [0.717, 1.165) is 37.9 Å². The average molecular weight is 435 g/mol. The van der Waals surface area contributed by atoms with Crippen molar-refractivity contribution in [1.29, 1.82) is 0 Å². The zero-order chi connectivity index (χ0) is 20.5. The van der Waals surface area contributed by atoms with Gasteiger partial charge in [-0.2, -0.15) is 0 Å². The van der Waals surface area contributed by atoms with Crippen LogP contribution in [0.4, 0.5) is 0 Å². The highest BCUT2D eigenvalue weighted by molar-refractivity contribution is 7.98. The van der Waals surface area contributed by atoms with Gasteiger partial charge in [-0.15, -0.1) is 11.3 Å². The number of hydrogen-bond acceptors (Lipinski definition) is 6. The van der Waals surface area contributed by atoms with Crippen LogP contribution in [-0.4, -0.2) is 26.5 Å². The largest absolute Gasteiger partial charge is 0.494 e. The lowest BCUT2D eigenvalue weighted by Crippen LogP contribution is -2.10. The molecule has 0 radical (unpaired) electrons. The normalized spacial score (nSPS) is 11.4. The maximum atomic E-state index is 12.8. The molecule has 0 bridgehead atoms. The maximum Gasteiger partial charge on any atom is 0.260 e. The Bertz CT molecular complexity index is 1390. The Morgan fingerprint density at radius 3 is 2.80 bits per heavy atom. The highest BCUT2D eigenvalue weighted by Crippen LogP contribution is 2.31. The lowest BCUT2D eigenvalue weighted by Gasteiger charge is -2.01. The van der Waals surface area contributed by atoms with Crippen molar-refractivity contribution >= 4 is 44.3 Å². The number of ether oxygens (including phenoxy) is 1. The molecular weight excluding hydrogens is 416 g/mol. The van der Waals surface area contributed by atoms with Crippen LogP contribution in [0.25, 0.3) is 32.4 Å². The van der Waals surface area contributed by atoms with Crippen LogP contribution >= 0.6 is 23.1 Å². The van der Waals surface area contributed by atoms with Crippen LogP contribution in [0.15, 0.2) is 63.9 Å². The summed E-state index contributed by atoms with van der Waals surface area (Å²) in [4.78, 5) is 29.0. The van der Waals surface area contributed by atoms with Gasteiger partial charge >= 0.3 is 0 Å². The van der Waals surface area contributed by atoms with Gasteiger partial charge in [-0.05, 0) is 24.6 Å². The molecule has 3 heterocycles. The van der Waals surface area contributed by atoms with Crippen molar-refractivity contribution in [3.05, 3.63) is 70.1 Å². The van der Waals surface area contributed by atoms with E-state index in [-0.39, 0.29) is 5.56 Å².